The quantitative estimate of drug-likeness (QED) is 0.727. The van der Waals surface area contributed by atoms with Crippen molar-refractivity contribution in [2.24, 2.45) is 5.41 Å². The van der Waals surface area contributed by atoms with Gasteiger partial charge >= 0.3 is 5.97 Å². The van der Waals surface area contributed by atoms with E-state index in [4.69, 9.17) is 22.4 Å². The van der Waals surface area contributed by atoms with E-state index < -0.39 is 17.3 Å². The molecule has 0 saturated heterocycles. The number of carboxylic acids is 1. The molecular weight excluding hydrogens is 256 g/mol. The lowest BCUT2D eigenvalue weighted by Gasteiger charge is -2.19. The summed E-state index contributed by atoms with van der Waals surface area (Å²) in [5, 5.41) is 11.8. The first kappa shape index (κ1) is 14.3. The molecule has 1 aromatic carbocycles. The van der Waals surface area contributed by atoms with Gasteiger partial charge in [-0.15, -0.1) is 0 Å². The summed E-state index contributed by atoms with van der Waals surface area (Å²) in [5.41, 5.74) is 5.23. The molecule has 0 saturated carbocycles. The molecule has 0 spiro atoms. The third-order valence-electron chi connectivity index (χ3n) is 2.45. The summed E-state index contributed by atoms with van der Waals surface area (Å²) < 4.78 is 0. The predicted molar refractivity (Wildman–Crippen MR) is 69.6 cm³/mol. The zero-order valence-corrected chi connectivity index (χ0v) is 10.9. The topological polar surface area (TPSA) is 92.4 Å². The van der Waals surface area contributed by atoms with Crippen molar-refractivity contribution >= 4 is 29.2 Å². The Morgan fingerprint density at radius 3 is 2.50 bits per heavy atom. The van der Waals surface area contributed by atoms with Crippen LogP contribution < -0.4 is 11.1 Å². The van der Waals surface area contributed by atoms with Gasteiger partial charge in [-0.1, -0.05) is 11.6 Å². The number of amides is 1. The number of carbonyl (C=O) groups is 2. The first-order valence-electron chi connectivity index (χ1n) is 5.30. The fraction of sp³-hybridized carbons (Fsp3) is 0.333. The molecule has 0 bridgehead atoms. The minimum atomic E-state index is -1.03. The lowest BCUT2D eigenvalue weighted by atomic mass is 9.94. The standard InChI is InChI=1S/C12H15ClN2O3/c1-12(2,11(17)18)6-15-10(16)7-3-8(13)5-9(14)4-7/h3-5H,6,14H2,1-2H3,(H,15,16)(H,17,18). The average Bonchev–Trinajstić information content (AvgIpc) is 2.24. The Morgan fingerprint density at radius 1 is 1.39 bits per heavy atom. The molecule has 5 nitrogen and oxygen atoms in total. The van der Waals surface area contributed by atoms with E-state index in [-0.39, 0.29) is 6.54 Å². The Morgan fingerprint density at radius 2 is 2.00 bits per heavy atom. The number of hydrogen-bond donors (Lipinski definition) is 3. The van der Waals surface area contributed by atoms with Gasteiger partial charge in [0.05, 0.1) is 5.41 Å². The summed E-state index contributed by atoms with van der Waals surface area (Å²) >= 11 is 5.78. The first-order valence-corrected chi connectivity index (χ1v) is 5.68. The monoisotopic (exact) mass is 270 g/mol. The van der Waals surface area contributed by atoms with Crippen molar-refractivity contribution in [1.29, 1.82) is 0 Å². The van der Waals surface area contributed by atoms with Gasteiger partial charge in [0, 0.05) is 22.8 Å². The molecule has 18 heavy (non-hydrogen) atoms. The number of hydrogen-bond acceptors (Lipinski definition) is 3. The van der Waals surface area contributed by atoms with Crippen molar-refractivity contribution in [3.05, 3.63) is 28.8 Å². The van der Waals surface area contributed by atoms with Gasteiger partial charge < -0.3 is 16.2 Å². The van der Waals surface area contributed by atoms with Gasteiger partial charge in [0.25, 0.3) is 5.91 Å². The molecular formula is C12H15ClN2O3. The summed E-state index contributed by atoms with van der Waals surface area (Å²) in [4.78, 5) is 22.7. The largest absolute Gasteiger partial charge is 0.481 e. The maximum atomic E-state index is 11.8. The van der Waals surface area contributed by atoms with Crippen molar-refractivity contribution in [3.8, 4) is 0 Å². The van der Waals surface area contributed by atoms with E-state index in [1.807, 2.05) is 0 Å². The van der Waals surface area contributed by atoms with Crippen LogP contribution >= 0.6 is 11.6 Å². The van der Waals surface area contributed by atoms with Gasteiger partial charge in [0.1, 0.15) is 0 Å². The third-order valence-corrected chi connectivity index (χ3v) is 2.67. The molecule has 1 amide bonds. The highest BCUT2D eigenvalue weighted by atomic mass is 35.5. The van der Waals surface area contributed by atoms with Gasteiger partial charge in [-0.3, -0.25) is 9.59 Å². The molecule has 0 aliphatic heterocycles. The first-order chi connectivity index (χ1) is 8.22. The molecule has 0 fully saturated rings. The molecule has 0 radical (unpaired) electrons. The number of nitrogen functional groups attached to an aromatic ring is 1. The zero-order valence-electron chi connectivity index (χ0n) is 10.2. The van der Waals surface area contributed by atoms with Crippen LogP contribution in [0.4, 0.5) is 5.69 Å². The van der Waals surface area contributed by atoms with Crippen LogP contribution in [0.25, 0.3) is 0 Å². The fourth-order valence-corrected chi connectivity index (χ4v) is 1.47. The molecule has 0 atom stereocenters. The second-order valence-corrected chi connectivity index (χ2v) is 5.08. The summed E-state index contributed by atoms with van der Waals surface area (Å²) in [6.45, 7) is 3.08. The maximum Gasteiger partial charge on any atom is 0.310 e. The van der Waals surface area contributed by atoms with E-state index in [1.165, 1.54) is 32.0 Å². The Labute approximate surface area is 110 Å². The van der Waals surface area contributed by atoms with Crippen LogP contribution in [0.3, 0.4) is 0 Å². The molecule has 98 valence electrons. The molecule has 1 rings (SSSR count). The predicted octanol–water partition coefficient (Wildman–Crippen LogP) is 1.76. The molecule has 6 heteroatoms. The number of aliphatic carboxylic acids is 1. The van der Waals surface area contributed by atoms with Gasteiger partial charge in [0.2, 0.25) is 0 Å². The number of carbonyl (C=O) groups excluding carboxylic acids is 1. The molecule has 0 heterocycles. The van der Waals surface area contributed by atoms with Crippen molar-refractivity contribution in [2.45, 2.75) is 13.8 Å². The highest BCUT2D eigenvalue weighted by Crippen LogP contribution is 2.17. The van der Waals surface area contributed by atoms with Crippen LogP contribution in [0.5, 0.6) is 0 Å². The van der Waals surface area contributed by atoms with Crippen LogP contribution in [0.15, 0.2) is 18.2 Å². The Balaban J connectivity index is 2.75. The maximum absolute atomic E-state index is 11.8. The normalized spacial score (nSPS) is 11.1. The molecule has 0 aromatic heterocycles. The van der Waals surface area contributed by atoms with E-state index in [1.54, 1.807) is 0 Å². The summed E-state index contributed by atoms with van der Waals surface area (Å²) in [6, 6.07) is 4.48. The summed E-state index contributed by atoms with van der Waals surface area (Å²) in [6.07, 6.45) is 0. The van der Waals surface area contributed by atoms with E-state index >= 15 is 0 Å². The lowest BCUT2D eigenvalue weighted by molar-refractivity contribution is -0.146. The molecule has 1 aromatic rings. The Bertz CT molecular complexity index is 466. The SMILES string of the molecule is CC(C)(CNC(=O)c1cc(N)cc(Cl)c1)C(=O)O. The van der Waals surface area contributed by atoms with Crippen molar-refractivity contribution in [3.63, 3.8) is 0 Å². The number of nitrogens with one attached hydrogen (secondary N) is 1. The van der Waals surface area contributed by atoms with E-state index in [0.29, 0.717) is 16.3 Å². The number of rotatable bonds is 4. The zero-order chi connectivity index (χ0) is 13.9. The van der Waals surface area contributed by atoms with Crippen molar-refractivity contribution < 1.29 is 14.7 Å². The Kier molecular flexibility index (Phi) is 4.19. The molecule has 0 unspecified atom stereocenters. The number of halogens is 1. The highest BCUT2D eigenvalue weighted by Gasteiger charge is 2.27. The second-order valence-electron chi connectivity index (χ2n) is 4.64. The second kappa shape index (κ2) is 5.27. The van der Waals surface area contributed by atoms with E-state index in [2.05, 4.69) is 5.32 Å². The van der Waals surface area contributed by atoms with Crippen LogP contribution in [-0.2, 0) is 4.79 Å². The van der Waals surface area contributed by atoms with Crippen LogP contribution in [0.2, 0.25) is 5.02 Å². The Hall–Kier alpha value is -1.75. The molecule has 0 aliphatic rings. The number of anilines is 1. The van der Waals surface area contributed by atoms with Crippen LogP contribution in [0.1, 0.15) is 24.2 Å². The smallest absolute Gasteiger partial charge is 0.310 e. The van der Waals surface area contributed by atoms with Crippen LogP contribution in [-0.4, -0.2) is 23.5 Å². The van der Waals surface area contributed by atoms with E-state index in [0.717, 1.165) is 0 Å². The number of nitrogens with two attached hydrogens (primary N) is 1. The molecule has 0 aliphatic carbocycles. The van der Waals surface area contributed by atoms with Gasteiger partial charge in [-0.25, -0.2) is 0 Å². The van der Waals surface area contributed by atoms with E-state index in [9.17, 15) is 9.59 Å². The highest BCUT2D eigenvalue weighted by molar-refractivity contribution is 6.31. The van der Waals surface area contributed by atoms with Crippen molar-refractivity contribution in [1.82, 2.24) is 5.32 Å². The summed E-state index contributed by atoms with van der Waals surface area (Å²) in [5.74, 6) is -1.38. The van der Waals surface area contributed by atoms with Gasteiger partial charge in [-0.05, 0) is 32.0 Å². The minimum Gasteiger partial charge on any atom is -0.481 e. The van der Waals surface area contributed by atoms with Gasteiger partial charge in [0.15, 0.2) is 0 Å². The fourth-order valence-electron chi connectivity index (χ4n) is 1.22. The number of carboxylic acid groups (broad SMARTS) is 1. The van der Waals surface area contributed by atoms with Crippen molar-refractivity contribution in [2.75, 3.05) is 12.3 Å². The lowest BCUT2D eigenvalue weighted by Crippen LogP contribution is -2.38. The van der Waals surface area contributed by atoms with Crippen LogP contribution in [0, 0.1) is 5.41 Å². The number of benzene rings is 1. The summed E-state index contributed by atoms with van der Waals surface area (Å²) in [7, 11) is 0. The third kappa shape index (κ3) is 3.63. The average molecular weight is 271 g/mol. The van der Waals surface area contributed by atoms with Gasteiger partial charge in [-0.2, -0.15) is 0 Å². The molecule has 4 N–H and O–H groups in total. The minimum absolute atomic E-state index is 0.0214.